The number of hydrogen-bond acceptors (Lipinski definition) is 4. The van der Waals surface area contributed by atoms with Crippen molar-refractivity contribution in [2.24, 2.45) is 0 Å². The van der Waals surface area contributed by atoms with E-state index in [1.165, 1.54) is 0 Å². The molecule has 2 N–H and O–H groups in total. The number of aromatic nitrogens is 3. The Morgan fingerprint density at radius 3 is 2.83 bits per heavy atom. The van der Waals surface area contributed by atoms with E-state index in [4.69, 9.17) is 4.74 Å². The Labute approximate surface area is 107 Å². The van der Waals surface area contributed by atoms with Gasteiger partial charge in [0.05, 0.1) is 0 Å². The maximum atomic E-state index is 5.57. The minimum Gasteiger partial charge on any atom is -0.419 e. The summed E-state index contributed by atoms with van der Waals surface area (Å²) in [5, 5.41) is 10.2. The predicted octanol–water partition coefficient (Wildman–Crippen LogP) is 2.40. The van der Waals surface area contributed by atoms with E-state index in [1.807, 2.05) is 25.1 Å². The number of aromatic amines is 1. The Morgan fingerprint density at radius 2 is 2.17 bits per heavy atom. The summed E-state index contributed by atoms with van der Waals surface area (Å²) in [6, 6.07) is 6.18. The van der Waals surface area contributed by atoms with Gasteiger partial charge in [-0.15, -0.1) is 5.10 Å². The molecule has 0 aliphatic carbocycles. The van der Waals surface area contributed by atoms with Crippen molar-refractivity contribution in [3.63, 3.8) is 0 Å². The van der Waals surface area contributed by atoms with Gasteiger partial charge >= 0.3 is 0 Å². The molecule has 0 saturated heterocycles. The van der Waals surface area contributed by atoms with Crippen LogP contribution < -0.4 is 10.1 Å². The molecule has 2 aromatic heterocycles. The summed E-state index contributed by atoms with van der Waals surface area (Å²) in [4.78, 5) is 4.17. The molecule has 0 radical (unpaired) electrons. The first-order valence-electron chi connectivity index (χ1n) is 6.01. The number of rotatable bonds is 5. The van der Waals surface area contributed by atoms with Gasteiger partial charge in [-0.3, -0.25) is 5.10 Å². The standard InChI is InChI=1S/C13H18N4O/c1-9(2)15-8-11-4-5-14-12(7-11)18-13-6-10(3)16-17-13/h4-7,9,15H,8H2,1-3H3,(H,16,17). The molecular weight excluding hydrogens is 228 g/mol. The topological polar surface area (TPSA) is 62.8 Å². The average molecular weight is 246 g/mol. The first kappa shape index (κ1) is 12.6. The second kappa shape index (κ2) is 5.64. The van der Waals surface area contributed by atoms with Crippen molar-refractivity contribution >= 4 is 0 Å². The molecule has 0 amide bonds. The van der Waals surface area contributed by atoms with Gasteiger partial charge in [0.25, 0.3) is 0 Å². The highest BCUT2D eigenvalue weighted by Crippen LogP contribution is 2.18. The van der Waals surface area contributed by atoms with Crippen molar-refractivity contribution in [3.05, 3.63) is 35.7 Å². The fourth-order valence-corrected chi connectivity index (χ4v) is 1.49. The summed E-state index contributed by atoms with van der Waals surface area (Å²) in [6.45, 7) is 6.96. The molecule has 0 aromatic carbocycles. The molecule has 18 heavy (non-hydrogen) atoms. The van der Waals surface area contributed by atoms with Crippen molar-refractivity contribution in [3.8, 4) is 11.8 Å². The van der Waals surface area contributed by atoms with E-state index in [0.29, 0.717) is 17.8 Å². The van der Waals surface area contributed by atoms with E-state index < -0.39 is 0 Å². The fourth-order valence-electron chi connectivity index (χ4n) is 1.49. The first-order chi connectivity index (χ1) is 8.63. The van der Waals surface area contributed by atoms with Crippen LogP contribution in [0.25, 0.3) is 0 Å². The van der Waals surface area contributed by atoms with Crippen LogP contribution in [0.4, 0.5) is 0 Å². The summed E-state index contributed by atoms with van der Waals surface area (Å²) in [6.07, 6.45) is 1.74. The average Bonchev–Trinajstić information content (AvgIpc) is 2.73. The Balaban J connectivity index is 2.02. The third-order valence-corrected chi connectivity index (χ3v) is 2.41. The summed E-state index contributed by atoms with van der Waals surface area (Å²) < 4.78 is 5.57. The van der Waals surface area contributed by atoms with Crippen LogP contribution in [0, 0.1) is 6.92 Å². The first-order valence-corrected chi connectivity index (χ1v) is 6.01. The third-order valence-electron chi connectivity index (χ3n) is 2.41. The van der Waals surface area contributed by atoms with Gasteiger partial charge < -0.3 is 10.1 Å². The normalized spacial score (nSPS) is 10.9. The smallest absolute Gasteiger partial charge is 0.240 e. The molecule has 0 spiro atoms. The lowest BCUT2D eigenvalue weighted by atomic mass is 10.2. The number of ether oxygens (including phenoxy) is 1. The van der Waals surface area contributed by atoms with E-state index in [-0.39, 0.29) is 0 Å². The van der Waals surface area contributed by atoms with Crippen molar-refractivity contribution in [1.82, 2.24) is 20.5 Å². The number of hydrogen-bond donors (Lipinski definition) is 2. The maximum Gasteiger partial charge on any atom is 0.240 e. The van der Waals surface area contributed by atoms with E-state index in [1.54, 1.807) is 6.20 Å². The minimum atomic E-state index is 0.455. The molecule has 0 bridgehead atoms. The van der Waals surface area contributed by atoms with Gasteiger partial charge in [-0.05, 0) is 18.6 Å². The second-order valence-electron chi connectivity index (χ2n) is 4.53. The van der Waals surface area contributed by atoms with Crippen molar-refractivity contribution < 1.29 is 4.74 Å². The molecule has 0 saturated carbocycles. The van der Waals surface area contributed by atoms with E-state index >= 15 is 0 Å². The zero-order chi connectivity index (χ0) is 13.0. The van der Waals surface area contributed by atoms with E-state index in [0.717, 1.165) is 17.8 Å². The Hall–Kier alpha value is -1.88. The van der Waals surface area contributed by atoms with Gasteiger partial charge in [0, 0.05) is 36.6 Å². The van der Waals surface area contributed by atoms with E-state index in [2.05, 4.69) is 34.3 Å². The molecule has 0 unspecified atom stereocenters. The summed E-state index contributed by atoms with van der Waals surface area (Å²) in [7, 11) is 0. The lowest BCUT2D eigenvalue weighted by Crippen LogP contribution is -2.21. The Kier molecular flexibility index (Phi) is 3.94. The van der Waals surface area contributed by atoms with Crippen LogP contribution in [0.1, 0.15) is 25.1 Å². The maximum absolute atomic E-state index is 5.57. The number of aryl methyl sites for hydroxylation is 1. The third kappa shape index (κ3) is 3.56. The highest BCUT2D eigenvalue weighted by atomic mass is 16.5. The van der Waals surface area contributed by atoms with Crippen LogP contribution in [-0.4, -0.2) is 21.2 Å². The highest BCUT2D eigenvalue weighted by Gasteiger charge is 2.03. The van der Waals surface area contributed by atoms with Gasteiger partial charge in [-0.1, -0.05) is 13.8 Å². The molecule has 0 aliphatic rings. The Morgan fingerprint density at radius 1 is 1.33 bits per heavy atom. The molecule has 2 rings (SSSR count). The molecule has 2 aromatic rings. The number of pyridine rings is 1. The molecule has 0 atom stereocenters. The van der Waals surface area contributed by atoms with E-state index in [9.17, 15) is 0 Å². The van der Waals surface area contributed by atoms with Crippen LogP contribution in [0.15, 0.2) is 24.4 Å². The second-order valence-corrected chi connectivity index (χ2v) is 4.53. The van der Waals surface area contributed by atoms with Crippen molar-refractivity contribution in [2.45, 2.75) is 33.4 Å². The predicted molar refractivity (Wildman–Crippen MR) is 69.6 cm³/mol. The number of nitrogens with one attached hydrogen (secondary N) is 2. The molecule has 96 valence electrons. The summed E-state index contributed by atoms with van der Waals surface area (Å²) in [5.41, 5.74) is 2.10. The van der Waals surface area contributed by atoms with Crippen molar-refractivity contribution in [1.29, 1.82) is 0 Å². The molecular formula is C13H18N4O. The zero-order valence-electron chi connectivity index (χ0n) is 10.9. The molecule has 0 fully saturated rings. The monoisotopic (exact) mass is 246 g/mol. The van der Waals surface area contributed by atoms with Crippen LogP contribution >= 0.6 is 0 Å². The van der Waals surface area contributed by atoms with Gasteiger partial charge in [-0.25, -0.2) is 4.98 Å². The molecule has 0 aliphatic heterocycles. The van der Waals surface area contributed by atoms with Crippen molar-refractivity contribution in [2.75, 3.05) is 0 Å². The van der Waals surface area contributed by atoms with Crippen LogP contribution in [0.3, 0.4) is 0 Å². The van der Waals surface area contributed by atoms with Crippen LogP contribution in [0.2, 0.25) is 0 Å². The summed E-state index contributed by atoms with van der Waals surface area (Å²) >= 11 is 0. The fraction of sp³-hybridized carbons (Fsp3) is 0.385. The molecule has 5 heteroatoms. The molecule has 2 heterocycles. The number of H-pyrrole nitrogens is 1. The number of nitrogens with zero attached hydrogens (tertiary/aromatic N) is 2. The lowest BCUT2D eigenvalue weighted by Gasteiger charge is -2.08. The van der Waals surface area contributed by atoms with Gasteiger partial charge in [0.2, 0.25) is 11.8 Å². The van der Waals surface area contributed by atoms with Gasteiger partial charge in [0.1, 0.15) is 0 Å². The minimum absolute atomic E-state index is 0.455. The zero-order valence-corrected chi connectivity index (χ0v) is 10.9. The van der Waals surface area contributed by atoms with Crippen LogP contribution in [-0.2, 0) is 6.54 Å². The largest absolute Gasteiger partial charge is 0.419 e. The lowest BCUT2D eigenvalue weighted by molar-refractivity contribution is 0.442. The summed E-state index contributed by atoms with van der Waals surface area (Å²) in [5.74, 6) is 1.10. The van der Waals surface area contributed by atoms with Gasteiger partial charge in [0.15, 0.2) is 0 Å². The SMILES string of the molecule is Cc1cc(Oc2cc(CNC(C)C)ccn2)n[nH]1. The molecule has 5 nitrogen and oxygen atoms in total. The Bertz CT molecular complexity index is 507. The quantitative estimate of drug-likeness (QED) is 0.850. The van der Waals surface area contributed by atoms with Gasteiger partial charge in [-0.2, -0.15) is 0 Å². The van der Waals surface area contributed by atoms with Crippen LogP contribution in [0.5, 0.6) is 11.8 Å². The highest BCUT2D eigenvalue weighted by molar-refractivity contribution is 5.25.